The van der Waals surface area contributed by atoms with E-state index < -0.39 is 8.32 Å². The highest BCUT2D eigenvalue weighted by molar-refractivity contribution is 6.77. The van der Waals surface area contributed by atoms with E-state index in [-0.39, 0.29) is 0 Å². The second kappa shape index (κ2) is 10.0. The Hall–Kier alpha value is -1.06. The lowest BCUT2D eigenvalue weighted by Crippen LogP contribution is -2.48. The van der Waals surface area contributed by atoms with E-state index in [4.69, 9.17) is 9.16 Å². The van der Waals surface area contributed by atoms with Gasteiger partial charge in [0.2, 0.25) is 0 Å². The third kappa shape index (κ3) is 5.49. The van der Waals surface area contributed by atoms with Crippen molar-refractivity contribution in [3.05, 3.63) is 42.5 Å². The first-order chi connectivity index (χ1) is 11.3. The first-order valence-electron chi connectivity index (χ1n) is 9.31. The lowest BCUT2D eigenvalue weighted by molar-refractivity contribution is 0.272. The molecule has 0 unspecified atom stereocenters. The molecule has 0 heterocycles. The third-order valence-corrected chi connectivity index (χ3v) is 11.1. The summed E-state index contributed by atoms with van der Waals surface area (Å²) >= 11 is 0. The Morgan fingerprint density at radius 3 is 1.96 bits per heavy atom. The van der Waals surface area contributed by atoms with Gasteiger partial charge in [-0.05, 0) is 47.2 Å². The van der Waals surface area contributed by atoms with Crippen LogP contribution in [0.25, 0.3) is 0 Å². The van der Waals surface area contributed by atoms with Crippen LogP contribution in [0.2, 0.25) is 16.6 Å². The monoisotopic (exact) mass is 348 g/mol. The zero-order chi connectivity index (χ0) is 18.2. The van der Waals surface area contributed by atoms with Gasteiger partial charge in [0.15, 0.2) is 8.32 Å². The second-order valence-corrected chi connectivity index (χ2v) is 13.0. The maximum absolute atomic E-state index is 6.62. The highest BCUT2D eigenvalue weighted by atomic mass is 28.4. The summed E-state index contributed by atoms with van der Waals surface area (Å²) in [6.45, 7) is 19.1. The molecule has 1 rings (SSSR count). The summed E-state index contributed by atoms with van der Waals surface area (Å²) in [4.78, 5) is 0. The SMILES string of the molecule is C=CCOc1ccc(CCCO[Si](C(C)C)(C(C)C)C(C)C)cc1. The molecule has 0 radical (unpaired) electrons. The van der Waals surface area contributed by atoms with Gasteiger partial charge in [-0.3, -0.25) is 0 Å². The molecule has 0 aliphatic rings. The van der Waals surface area contributed by atoms with Crippen molar-refractivity contribution in [3.8, 4) is 5.75 Å². The average Bonchev–Trinajstić information content (AvgIpc) is 2.53. The predicted octanol–water partition coefficient (Wildman–Crippen LogP) is 6.38. The molecule has 0 spiro atoms. The van der Waals surface area contributed by atoms with Crippen LogP contribution in [0.3, 0.4) is 0 Å². The van der Waals surface area contributed by atoms with Gasteiger partial charge < -0.3 is 9.16 Å². The van der Waals surface area contributed by atoms with Crippen molar-refractivity contribution in [1.29, 1.82) is 0 Å². The smallest absolute Gasteiger partial charge is 0.200 e. The lowest BCUT2D eigenvalue weighted by Gasteiger charge is -2.42. The number of rotatable bonds is 11. The summed E-state index contributed by atoms with van der Waals surface area (Å²) in [5, 5.41) is 0. The van der Waals surface area contributed by atoms with Crippen molar-refractivity contribution in [3.63, 3.8) is 0 Å². The molecule has 136 valence electrons. The quantitative estimate of drug-likeness (QED) is 0.262. The molecule has 0 bridgehead atoms. The highest BCUT2D eigenvalue weighted by Gasteiger charge is 2.44. The number of ether oxygens (including phenoxy) is 1. The van der Waals surface area contributed by atoms with E-state index in [1.807, 2.05) is 12.1 Å². The van der Waals surface area contributed by atoms with Gasteiger partial charge in [-0.25, -0.2) is 0 Å². The Kier molecular flexibility index (Phi) is 8.78. The summed E-state index contributed by atoms with van der Waals surface area (Å²) in [5.41, 5.74) is 3.30. The number of hydrogen-bond donors (Lipinski definition) is 0. The van der Waals surface area contributed by atoms with Crippen LogP contribution in [-0.4, -0.2) is 21.5 Å². The van der Waals surface area contributed by atoms with E-state index in [1.165, 1.54) is 5.56 Å². The molecule has 24 heavy (non-hydrogen) atoms. The van der Waals surface area contributed by atoms with Crippen LogP contribution >= 0.6 is 0 Å². The largest absolute Gasteiger partial charge is 0.490 e. The average molecular weight is 349 g/mol. The molecule has 1 aromatic rings. The summed E-state index contributed by atoms with van der Waals surface area (Å²) in [6, 6.07) is 8.37. The molecule has 0 fully saturated rings. The molecule has 0 saturated heterocycles. The maximum Gasteiger partial charge on any atom is 0.200 e. The zero-order valence-electron chi connectivity index (χ0n) is 16.5. The molecular weight excluding hydrogens is 312 g/mol. The molecule has 1 aromatic carbocycles. The maximum atomic E-state index is 6.62. The van der Waals surface area contributed by atoms with Gasteiger partial charge in [0, 0.05) is 6.61 Å². The van der Waals surface area contributed by atoms with E-state index in [2.05, 4.69) is 60.3 Å². The van der Waals surface area contributed by atoms with Gasteiger partial charge in [0.1, 0.15) is 12.4 Å². The minimum atomic E-state index is -1.72. The van der Waals surface area contributed by atoms with Gasteiger partial charge in [-0.15, -0.1) is 0 Å². The number of benzene rings is 1. The van der Waals surface area contributed by atoms with Crippen molar-refractivity contribution in [2.75, 3.05) is 13.2 Å². The minimum absolute atomic E-state index is 0.555. The van der Waals surface area contributed by atoms with Crippen LogP contribution in [0, 0.1) is 0 Å². The Balaban J connectivity index is 2.52. The van der Waals surface area contributed by atoms with Gasteiger partial charge >= 0.3 is 0 Å². The van der Waals surface area contributed by atoms with Crippen LogP contribution in [-0.2, 0) is 10.8 Å². The fourth-order valence-electron chi connectivity index (χ4n) is 3.93. The van der Waals surface area contributed by atoms with Gasteiger partial charge in [-0.2, -0.15) is 0 Å². The van der Waals surface area contributed by atoms with E-state index in [9.17, 15) is 0 Å². The first-order valence-corrected chi connectivity index (χ1v) is 11.4. The topological polar surface area (TPSA) is 18.5 Å². The Bertz CT molecular complexity index is 455. The normalized spacial score (nSPS) is 12.2. The molecule has 0 saturated carbocycles. The molecule has 3 heteroatoms. The van der Waals surface area contributed by atoms with Crippen LogP contribution in [0.4, 0.5) is 0 Å². The second-order valence-electron chi connectivity index (χ2n) is 7.51. The molecular formula is C21H36O2Si. The van der Waals surface area contributed by atoms with Gasteiger partial charge in [-0.1, -0.05) is 66.3 Å². The molecule has 0 atom stereocenters. The summed E-state index contributed by atoms with van der Waals surface area (Å²) in [7, 11) is -1.72. The van der Waals surface area contributed by atoms with Crippen LogP contribution in [0.1, 0.15) is 53.5 Å². The van der Waals surface area contributed by atoms with Crippen LogP contribution in [0.5, 0.6) is 5.75 Å². The molecule has 0 aromatic heterocycles. The van der Waals surface area contributed by atoms with E-state index in [0.29, 0.717) is 23.2 Å². The van der Waals surface area contributed by atoms with Crippen LogP contribution < -0.4 is 4.74 Å². The first kappa shape index (κ1) is 21.0. The van der Waals surface area contributed by atoms with Crippen molar-refractivity contribution in [2.45, 2.75) is 71.0 Å². The van der Waals surface area contributed by atoms with Crippen molar-refractivity contribution in [1.82, 2.24) is 0 Å². The van der Waals surface area contributed by atoms with Crippen molar-refractivity contribution in [2.24, 2.45) is 0 Å². The fraction of sp³-hybridized carbons (Fsp3) is 0.619. The summed E-state index contributed by atoms with van der Waals surface area (Å²) in [5.74, 6) is 0.903. The van der Waals surface area contributed by atoms with E-state index in [0.717, 1.165) is 25.2 Å². The molecule has 0 amide bonds. The molecule has 2 nitrogen and oxygen atoms in total. The summed E-state index contributed by atoms with van der Waals surface area (Å²) < 4.78 is 12.1. The molecule has 0 aliphatic heterocycles. The van der Waals surface area contributed by atoms with E-state index in [1.54, 1.807) is 6.08 Å². The predicted molar refractivity (Wildman–Crippen MR) is 107 cm³/mol. The minimum Gasteiger partial charge on any atom is -0.490 e. The Morgan fingerprint density at radius 2 is 1.50 bits per heavy atom. The van der Waals surface area contributed by atoms with Gasteiger partial charge in [0.05, 0.1) is 0 Å². The Labute approximate surface area is 150 Å². The lowest BCUT2D eigenvalue weighted by atomic mass is 10.1. The molecule has 0 aliphatic carbocycles. The van der Waals surface area contributed by atoms with Crippen LogP contribution in [0.15, 0.2) is 36.9 Å². The van der Waals surface area contributed by atoms with Crippen molar-refractivity contribution < 1.29 is 9.16 Å². The molecule has 0 N–H and O–H groups in total. The van der Waals surface area contributed by atoms with E-state index >= 15 is 0 Å². The Morgan fingerprint density at radius 1 is 0.958 bits per heavy atom. The third-order valence-electron chi connectivity index (χ3n) is 4.96. The number of aryl methyl sites for hydroxylation is 1. The zero-order valence-corrected chi connectivity index (χ0v) is 17.5. The fourth-order valence-corrected chi connectivity index (χ4v) is 9.43. The standard InChI is InChI=1S/C21H36O2Si/c1-8-15-22-21-13-11-20(12-14-21)10-9-16-23-24(17(2)3,18(4)5)19(6)7/h8,11-14,17-19H,1,9-10,15-16H2,2-7H3. The van der Waals surface area contributed by atoms with Crippen molar-refractivity contribution >= 4 is 8.32 Å². The van der Waals surface area contributed by atoms with Gasteiger partial charge in [0.25, 0.3) is 0 Å². The highest BCUT2D eigenvalue weighted by Crippen LogP contribution is 2.42. The number of hydrogen-bond acceptors (Lipinski definition) is 2. The summed E-state index contributed by atoms with van der Waals surface area (Å²) in [6.07, 6.45) is 3.90.